The standard InChI is InChI=1S/C13H21NO3S/c1-5-17-9-11(3)14-12-7-6-10(2)13(8-12)18(4,15)16/h6-8,11,14H,5,9H2,1-4H3. The Morgan fingerprint density at radius 3 is 2.61 bits per heavy atom. The second-order valence-electron chi connectivity index (χ2n) is 4.46. The molecule has 0 aliphatic heterocycles. The van der Waals surface area contributed by atoms with E-state index in [1.165, 1.54) is 6.26 Å². The molecule has 1 aromatic rings. The molecule has 1 rings (SSSR count). The minimum atomic E-state index is -3.18. The summed E-state index contributed by atoms with van der Waals surface area (Å²) in [6, 6.07) is 5.51. The van der Waals surface area contributed by atoms with Crippen molar-refractivity contribution < 1.29 is 13.2 Å². The van der Waals surface area contributed by atoms with E-state index in [0.29, 0.717) is 18.1 Å². The Labute approximate surface area is 109 Å². The van der Waals surface area contributed by atoms with Crippen LogP contribution in [0.3, 0.4) is 0 Å². The third-order valence-corrected chi connectivity index (χ3v) is 3.81. The Kier molecular flexibility index (Phi) is 5.16. The molecule has 102 valence electrons. The molecule has 0 aliphatic rings. The predicted molar refractivity (Wildman–Crippen MR) is 73.9 cm³/mol. The molecule has 0 saturated heterocycles. The molecule has 0 aromatic heterocycles. The van der Waals surface area contributed by atoms with Gasteiger partial charge in [-0.1, -0.05) is 6.07 Å². The second-order valence-corrected chi connectivity index (χ2v) is 6.44. The monoisotopic (exact) mass is 271 g/mol. The second kappa shape index (κ2) is 6.20. The van der Waals surface area contributed by atoms with Gasteiger partial charge in [0.15, 0.2) is 9.84 Å². The molecule has 1 aromatic carbocycles. The van der Waals surface area contributed by atoms with Gasteiger partial charge >= 0.3 is 0 Å². The maximum absolute atomic E-state index is 11.6. The van der Waals surface area contributed by atoms with E-state index in [0.717, 1.165) is 11.3 Å². The molecule has 5 heteroatoms. The van der Waals surface area contributed by atoms with Crippen molar-refractivity contribution in [3.05, 3.63) is 23.8 Å². The van der Waals surface area contributed by atoms with E-state index < -0.39 is 9.84 Å². The summed E-state index contributed by atoms with van der Waals surface area (Å²) in [5, 5.41) is 3.23. The van der Waals surface area contributed by atoms with Crippen LogP contribution in [0.25, 0.3) is 0 Å². The summed E-state index contributed by atoms with van der Waals surface area (Å²) in [6.07, 6.45) is 1.22. The maximum atomic E-state index is 11.6. The third kappa shape index (κ3) is 4.31. The minimum Gasteiger partial charge on any atom is -0.380 e. The lowest BCUT2D eigenvalue weighted by Crippen LogP contribution is -2.21. The fourth-order valence-electron chi connectivity index (χ4n) is 1.71. The van der Waals surface area contributed by atoms with Crippen LogP contribution in [-0.2, 0) is 14.6 Å². The van der Waals surface area contributed by atoms with Gasteiger partial charge in [0.2, 0.25) is 0 Å². The van der Waals surface area contributed by atoms with E-state index in [1.807, 2.05) is 26.0 Å². The Bertz CT molecular complexity index is 497. The number of ether oxygens (including phenoxy) is 1. The summed E-state index contributed by atoms with van der Waals surface area (Å²) in [7, 11) is -3.18. The molecule has 0 amide bonds. The molecule has 1 atom stereocenters. The van der Waals surface area contributed by atoms with Gasteiger partial charge in [0.1, 0.15) is 0 Å². The largest absolute Gasteiger partial charge is 0.380 e. The van der Waals surface area contributed by atoms with Crippen molar-refractivity contribution in [2.75, 3.05) is 24.8 Å². The summed E-state index contributed by atoms with van der Waals surface area (Å²) in [6.45, 7) is 7.01. The average Bonchev–Trinajstić information content (AvgIpc) is 2.27. The molecule has 0 aliphatic carbocycles. The quantitative estimate of drug-likeness (QED) is 0.862. The van der Waals surface area contributed by atoms with E-state index in [2.05, 4.69) is 5.32 Å². The van der Waals surface area contributed by atoms with Crippen molar-refractivity contribution in [2.24, 2.45) is 0 Å². The maximum Gasteiger partial charge on any atom is 0.175 e. The summed E-state index contributed by atoms with van der Waals surface area (Å²) in [5.41, 5.74) is 1.56. The lowest BCUT2D eigenvalue weighted by molar-refractivity contribution is 0.141. The number of aryl methyl sites for hydroxylation is 1. The lowest BCUT2D eigenvalue weighted by Gasteiger charge is -2.16. The number of anilines is 1. The van der Waals surface area contributed by atoms with Crippen LogP contribution in [0.4, 0.5) is 5.69 Å². The molecule has 0 heterocycles. The average molecular weight is 271 g/mol. The van der Waals surface area contributed by atoms with E-state index in [-0.39, 0.29) is 6.04 Å². The van der Waals surface area contributed by atoms with Gasteiger partial charge in [0.05, 0.1) is 11.5 Å². The van der Waals surface area contributed by atoms with Crippen LogP contribution in [0.1, 0.15) is 19.4 Å². The van der Waals surface area contributed by atoms with Gasteiger partial charge in [-0.15, -0.1) is 0 Å². The zero-order chi connectivity index (χ0) is 13.8. The molecule has 4 nitrogen and oxygen atoms in total. The first kappa shape index (κ1) is 15.0. The fraction of sp³-hybridized carbons (Fsp3) is 0.538. The minimum absolute atomic E-state index is 0.139. The van der Waals surface area contributed by atoms with Crippen LogP contribution < -0.4 is 5.32 Å². The highest BCUT2D eigenvalue weighted by molar-refractivity contribution is 7.90. The highest BCUT2D eigenvalue weighted by Gasteiger charge is 2.12. The molecular weight excluding hydrogens is 250 g/mol. The molecule has 0 spiro atoms. The van der Waals surface area contributed by atoms with Crippen LogP contribution in [0.15, 0.2) is 23.1 Å². The highest BCUT2D eigenvalue weighted by atomic mass is 32.2. The molecule has 1 unspecified atom stereocenters. The fourth-order valence-corrected chi connectivity index (χ4v) is 2.70. The van der Waals surface area contributed by atoms with Crippen LogP contribution in [-0.4, -0.2) is 33.9 Å². The zero-order valence-electron chi connectivity index (χ0n) is 11.4. The van der Waals surface area contributed by atoms with Crippen LogP contribution in [0.5, 0.6) is 0 Å². The number of rotatable bonds is 6. The molecule has 1 N–H and O–H groups in total. The van der Waals surface area contributed by atoms with Crippen LogP contribution in [0, 0.1) is 6.92 Å². The number of benzene rings is 1. The number of hydrogen-bond acceptors (Lipinski definition) is 4. The zero-order valence-corrected chi connectivity index (χ0v) is 12.2. The van der Waals surface area contributed by atoms with Gasteiger partial charge in [-0.25, -0.2) is 8.42 Å². The Hall–Kier alpha value is -1.07. The highest BCUT2D eigenvalue weighted by Crippen LogP contribution is 2.20. The molecule has 0 bridgehead atoms. The summed E-state index contributed by atoms with van der Waals surface area (Å²) < 4.78 is 28.5. The van der Waals surface area contributed by atoms with Crippen molar-refractivity contribution in [1.29, 1.82) is 0 Å². The van der Waals surface area contributed by atoms with E-state index in [4.69, 9.17) is 4.74 Å². The smallest absolute Gasteiger partial charge is 0.175 e. The van der Waals surface area contributed by atoms with E-state index >= 15 is 0 Å². The third-order valence-electron chi connectivity index (χ3n) is 2.57. The normalized spacial score (nSPS) is 13.3. The molecule has 0 radical (unpaired) electrons. The lowest BCUT2D eigenvalue weighted by atomic mass is 10.2. The van der Waals surface area contributed by atoms with E-state index in [1.54, 1.807) is 13.0 Å². The number of hydrogen-bond donors (Lipinski definition) is 1. The van der Waals surface area contributed by atoms with Crippen molar-refractivity contribution in [3.63, 3.8) is 0 Å². The SMILES string of the molecule is CCOCC(C)Nc1ccc(C)c(S(C)(=O)=O)c1. The number of sulfone groups is 1. The van der Waals surface area contributed by atoms with Gasteiger partial charge < -0.3 is 10.1 Å². The summed E-state index contributed by atoms with van der Waals surface area (Å²) in [4.78, 5) is 0.371. The van der Waals surface area contributed by atoms with Crippen molar-refractivity contribution in [1.82, 2.24) is 0 Å². The van der Waals surface area contributed by atoms with Crippen LogP contribution in [0.2, 0.25) is 0 Å². The first-order valence-electron chi connectivity index (χ1n) is 5.99. The first-order valence-corrected chi connectivity index (χ1v) is 7.88. The van der Waals surface area contributed by atoms with E-state index in [9.17, 15) is 8.42 Å². The van der Waals surface area contributed by atoms with Crippen molar-refractivity contribution >= 4 is 15.5 Å². The Balaban J connectivity index is 2.86. The first-order chi connectivity index (χ1) is 8.34. The predicted octanol–water partition coefficient (Wildman–Crippen LogP) is 2.24. The Morgan fingerprint density at radius 1 is 1.39 bits per heavy atom. The molecular formula is C13H21NO3S. The van der Waals surface area contributed by atoms with Gasteiger partial charge in [0, 0.05) is 24.6 Å². The summed E-state index contributed by atoms with van der Waals surface area (Å²) >= 11 is 0. The van der Waals surface area contributed by atoms with Crippen molar-refractivity contribution in [3.8, 4) is 0 Å². The van der Waals surface area contributed by atoms with Crippen molar-refractivity contribution in [2.45, 2.75) is 31.7 Å². The van der Waals surface area contributed by atoms with Gasteiger partial charge in [-0.05, 0) is 38.5 Å². The van der Waals surface area contributed by atoms with Gasteiger partial charge in [-0.2, -0.15) is 0 Å². The van der Waals surface area contributed by atoms with Gasteiger partial charge in [-0.3, -0.25) is 0 Å². The molecule has 18 heavy (non-hydrogen) atoms. The molecule has 0 fully saturated rings. The topological polar surface area (TPSA) is 55.4 Å². The summed E-state index contributed by atoms with van der Waals surface area (Å²) in [5.74, 6) is 0. The molecule has 0 saturated carbocycles. The van der Waals surface area contributed by atoms with Gasteiger partial charge in [0.25, 0.3) is 0 Å². The van der Waals surface area contributed by atoms with Crippen LogP contribution >= 0.6 is 0 Å². The number of nitrogens with one attached hydrogen (secondary N) is 1. The Morgan fingerprint density at radius 2 is 2.06 bits per heavy atom.